The van der Waals surface area contributed by atoms with Crippen LogP contribution in [0.1, 0.15) is 35.9 Å². The number of rotatable bonds is 4. The number of likely N-dealkylation sites (tertiary alicyclic amines) is 1. The number of piperazine rings is 1. The monoisotopic (exact) mass is 381 g/mol. The van der Waals surface area contributed by atoms with E-state index in [4.69, 9.17) is 4.42 Å². The number of hydrogen-bond donors (Lipinski definition) is 1. The predicted octanol–water partition coefficient (Wildman–Crippen LogP) is 2.55. The second-order valence-corrected chi connectivity index (χ2v) is 7.53. The highest BCUT2D eigenvalue weighted by atomic mass is 16.4. The van der Waals surface area contributed by atoms with E-state index in [1.807, 2.05) is 28.0 Å². The molecule has 148 valence electrons. The second-order valence-electron chi connectivity index (χ2n) is 7.53. The standard InChI is InChI=1S/C22H27N3O3/c1-2-16-5-7-17(8-6-16)19-9-10-20(28-19)22(27)24-12-3-4-18(15-24)25-13-11-23-14-21(25)26/h5-10,18,23H,2-4,11-15H2,1H3. The summed E-state index contributed by atoms with van der Waals surface area (Å²) in [5.74, 6) is 1.10. The van der Waals surface area contributed by atoms with Crippen LogP contribution in [0.25, 0.3) is 11.3 Å². The first-order valence-electron chi connectivity index (χ1n) is 10.1. The summed E-state index contributed by atoms with van der Waals surface area (Å²) >= 11 is 0. The lowest BCUT2D eigenvalue weighted by Gasteiger charge is -2.40. The van der Waals surface area contributed by atoms with Crippen LogP contribution in [-0.2, 0) is 11.2 Å². The molecule has 2 amide bonds. The Morgan fingerprint density at radius 2 is 2.00 bits per heavy atom. The Hall–Kier alpha value is -2.60. The summed E-state index contributed by atoms with van der Waals surface area (Å²) in [7, 11) is 0. The summed E-state index contributed by atoms with van der Waals surface area (Å²) in [6, 6.07) is 11.9. The van der Waals surface area contributed by atoms with Crippen molar-refractivity contribution in [2.45, 2.75) is 32.2 Å². The zero-order valence-corrected chi connectivity index (χ0v) is 16.3. The van der Waals surface area contributed by atoms with Crippen LogP contribution in [0.15, 0.2) is 40.8 Å². The number of piperidine rings is 1. The molecule has 0 aliphatic carbocycles. The maximum atomic E-state index is 13.0. The summed E-state index contributed by atoms with van der Waals surface area (Å²) in [5, 5.41) is 3.10. The van der Waals surface area contributed by atoms with Crippen molar-refractivity contribution in [2.24, 2.45) is 0 Å². The van der Waals surface area contributed by atoms with E-state index >= 15 is 0 Å². The first kappa shape index (κ1) is 18.7. The minimum absolute atomic E-state index is 0.0938. The van der Waals surface area contributed by atoms with E-state index in [1.165, 1.54) is 5.56 Å². The lowest BCUT2D eigenvalue weighted by atomic mass is 10.0. The van der Waals surface area contributed by atoms with Gasteiger partial charge in [0.25, 0.3) is 5.91 Å². The molecule has 6 nitrogen and oxygen atoms in total. The van der Waals surface area contributed by atoms with Gasteiger partial charge in [-0.2, -0.15) is 0 Å². The van der Waals surface area contributed by atoms with Crippen LogP contribution in [0.3, 0.4) is 0 Å². The average molecular weight is 381 g/mol. The van der Waals surface area contributed by atoms with Crippen LogP contribution < -0.4 is 5.32 Å². The fourth-order valence-corrected chi connectivity index (χ4v) is 4.07. The molecule has 2 saturated heterocycles. The van der Waals surface area contributed by atoms with Gasteiger partial charge in [0.05, 0.1) is 6.54 Å². The van der Waals surface area contributed by atoms with Gasteiger partial charge < -0.3 is 19.5 Å². The normalized spacial score (nSPS) is 20.5. The smallest absolute Gasteiger partial charge is 0.289 e. The van der Waals surface area contributed by atoms with E-state index in [0.29, 0.717) is 37.7 Å². The molecule has 6 heteroatoms. The molecule has 1 unspecified atom stereocenters. The molecule has 2 aromatic rings. The number of carbonyl (C=O) groups excluding carboxylic acids is 2. The summed E-state index contributed by atoms with van der Waals surface area (Å²) < 4.78 is 5.88. The van der Waals surface area contributed by atoms with Gasteiger partial charge in [-0.25, -0.2) is 0 Å². The van der Waals surface area contributed by atoms with Crippen molar-refractivity contribution < 1.29 is 14.0 Å². The van der Waals surface area contributed by atoms with Crippen LogP contribution in [0.2, 0.25) is 0 Å². The number of hydrogen-bond acceptors (Lipinski definition) is 4. The van der Waals surface area contributed by atoms with Crippen LogP contribution in [-0.4, -0.2) is 60.4 Å². The number of furan rings is 1. The topological polar surface area (TPSA) is 65.8 Å². The molecule has 2 aliphatic heterocycles. The van der Waals surface area contributed by atoms with Crippen molar-refractivity contribution in [1.82, 2.24) is 15.1 Å². The van der Waals surface area contributed by atoms with Gasteiger partial charge in [-0.3, -0.25) is 9.59 Å². The highest BCUT2D eigenvalue weighted by molar-refractivity contribution is 5.92. The summed E-state index contributed by atoms with van der Waals surface area (Å²) in [6.07, 6.45) is 2.84. The summed E-state index contributed by atoms with van der Waals surface area (Å²) in [4.78, 5) is 28.9. The molecule has 0 saturated carbocycles. The number of benzene rings is 1. The van der Waals surface area contributed by atoms with Crippen molar-refractivity contribution in [3.8, 4) is 11.3 Å². The molecule has 1 aromatic heterocycles. The van der Waals surface area contributed by atoms with Crippen LogP contribution >= 0.6 is 0 Å². The van der Waals surface area contributed by atoms with Gasteiger partial charge in [0.2, 0.25) is 5.91 Å². The van der Waals surface area contributed by atoms with E-state index in [9.17, 15) is 9.59 Å². The van der Waals surface area contributed by atoms with Gasteiger partial charge in [0, 0.05) is 37.8 Å². The maximum Gasteiger partial charge on any atom is 0.289 e. The Kier molecular flexibility index (Phi) is 5.48. The Morgan fingerprint density at radius 1 is 1.18 bits per heavy atom. The number of amides is 2. The lowest BCUT2D eigenvalue weighted by molar-refractivity contribution is -0.135. The van der Waals surface area contributed by atoms with E-state index < -0.39 is 0 Å². The molecule has 1 N–H and O–H groups in total. The molecule has 4 rings (SSSR count). The Labute approximate surface area is 165 Å². The third-order valence-electron chi connectivity index (χ3n) is 5.71. The van der Waals surface area contributed by atoms with Crippen LogP contribution in [0.5, 0.6) is 0 Å². The fourth-order valence-electron chi connectivity index (χ4n) is 4.07. The lowest BCUT2D eigenvalue weighted by Crippen LogP contribution is -2.57. The number of nitrogens with zero attached hydrogens (tertiary/aromatic N) is 2. The second kappa shape index (κ2) is 8.19. The minimum Gasteiger partial charge on any atom is -0.451 e. The molecule has 28 heavy (non-hydrogen) atoms. The third-order valence-corrected chi connectivity index (χ3v) is 5.71. The van der Waals surface area contributed by atoms with Crippen molar-refractivity contribution in [3.05, 3.63) is 47.7 Å². The van der Waals surface area contributed by atoms with Gasteiger partial charge in [-0.1, -0.05) is 31.2 Å². The highest BCUT2D eigenvalue weighted by Gasteiger charge is 2.32. The molecule has 0 bridgehead atoms. The Bertz CT molecular complexity index is 843. The quantitative estimate of drug-likeness (QED) is 0.884. The fraction of sp³-hybridized carbons (Fsp3) is 0.455. The largest absolute Gasteiger partial charge is 0.451 e. The number of aryl methyl sites for hydroxylation is 1. The molecule has 1 atom stereocenters. The minimum atomic E-state index is -0.0938. The zero-order valence-electron chi connectivity index (χ0n) is 16.3. The number of nitrogens with one attached hydrogen (secondary N) is 1. The molecule has 0 spiro atoms. The van der Waals surface area contributed by atoms with Gasteiger partial charge >= 0.3 is 0 Å². The Morgan fingerprint density at radius 3 is 2.75 bits per heavy atom. The van der Waals surface area contributed by atoms with Gasteiger partial charge in [-0.15, -0.1) is 0 Å². The van der Waals surface area contributed by atoms with Crippen LogP contribution in [0.4, 0.5) is 0 Å². The SMILES string of the molecule is CCc1ccc(-c2ccc(C(=O)N3CCCC(N4CCNCC4=O)C3)o2)cc1. The van der Waals surface area contributed by atoms with Crippen LogP contribution in [0, 0.1) is 0 Å². The predicted molar refractivity (Wildman–Crippen MR) is 107 cm³/mol. The van der Waals surface area contributed by atoms with Gasteiger partial charge in [-0.05, 0) is 37.0 Å². The maximum absolute atomic E-state index is 13.0. The van der Waals surface area contributed by atoms with Gasteiger partial charge in [0.15, 0.2) is 5.76 Å². The zero-order chi connectivity index (χ0) is 19.5. The molecule has 0 radical (unpaired) electrons. The third kappa shape index (κ3) is 3.83. The van der Waals surface area contributed by atoms with Crippen molar-refractivity contribution in [3.63, 3.8) is 0 Å². The van der Waals surface area contributed by atoms with Gasteiger partial charge in [0.1, 0.15) is 5.76 Å². The average Bonchev–Trinajstić information content (AvgIpc) is 3.24. The molecular formula is C22H27N3O3. The molecule has 2 aliphatic rings. The van der Waals surface area contributed by atoms with E-state index in [2.05, 4.69) is 24.4 Å². The number of carbonyl (C=O) groups is 2. The highest BCUT2D eigenvalue weighted by Crippen LogP contribution is 2.25. The summed E-state index contributed by atoms with van der Waals surface area (Å²) in [5.41, 5.74) is 2.24. The Balaban J connectivity index is 1.45. The molecule has 2 fully saturated rings. The first-order chi connectivity index (χ1) is 13.7. The van der Waals surface area contributed by atoms with Crippen molar-refractivity contribution in [2.75, 3.05) is 32.7 Å². The summed E-state index contributed by atoms with van der Waals surface area (Å²) in [6.45, 7) is 5.32. The first-order valence-corrected chi connectivity index (χ1v) is 10.1. The molecule has 1 aromatic carbocycles. The van der Waals surface area contributed by atoms with Crippen molar-refractivity contribution >= 4 is 11.8 Å². The van der Waals surface area contributed by atoms with E-state index in [-0.39, 0.29) is 17.9 Å². The molecular weight excluding hydrogens is 354 g/mol. The van der Waals surface area contributed by atoms with E-state index in [1.54, 1.807) is 6.07 Å². The van der Waals surface area contributed by atoms with E-state index in [0.717, 1.165) is 31.4 Å². The molecule has 3 heterocycles. The van der Waals surface area contributed by atoms with Crippen molar-refractivity contribution in [1.29, 1.82) is 0 Å².